The molecule has 0 bridgehead atoms. The lowest BCUT2D eigenvalue weighted by molar-refractivity contribution is -0.107. The van der Waals surface area contributed by atoms with Crippen LogP contribution < -0.4 is 5.32 Å². The molecule has 3 nitrogen and oxygen atoms in total. The minimum Gasteiger partial charge on any atom is -0.383 e. The molecule has 0 fully saturated rings. The number of rotatable bonds is 8. The topological polar surface area (TPSA) is 38.3 Å². The molecule has 0 aromatic heterocycles. The fourth-order valence-electron chi connectivity index (χ4n) is 1.71. The van der Waals surface area contributed by atoms with Crippen LogP contribution in [-0.2, 0) is 16.0 Å². The molecule has 0 saturated heterocycles. The summed E-state index contributed by atoms with van der Waals surface area (Å²) in [4.78, 5) is 10.3. The van der Waals surface area contributed by atoms with E-state index in [1.165, 1.54) is 11.1 Å². The van der Waals surface area contributed by atoms with Crippen molar-refractivity contribution in [2.45, 2.75) is 26.7 Å². The molecule has 0 aliphatic rings. The van der Waals surface area contributed by atoms with Crippen molar-refractivity contribution in [3.8, 4) is 0 Å². The number of anilines is 1. The van der Waals surface area contributed by atoms with Gasteiger partial charge in [-0.3, -0.25) is 0 Å². The molecule has 0 aliphatic carbocycles. The molecule has 1 rings (SSSR count). The molecule has 0 spiro atoms. The Morgan fingerprint density at radius 2 is 2.24 bits per heavy atom. The van der Waals surface area contributed by atoms with Crippen LogP contribution in [0, 0.1) is 6.92 Å². The highest BCUT2D eigenvalue weighted by atomic mass is 16.5. The summed E-state index contributed by atoms with van der Waals surface area (Å²) in [5.41, 5.74) is 3.58. The van der Waals surface area contributed by atoms with Gasteiger partial charge in [-0.15, -0.1) is 0 Å². The van der Waals surface area contributed by atoms with E-state index >= 15 is 0 Å². The monoisotopic (exact) mass is 235 g/mol. The van der Waals surface area contributed by atoms with Crippen molar-refractivity contribution in [2.75, 3.05) is 25.1 Å². The number of aldehydes is 1. The highest BCUT2D eigenvalue weighted by Crippen LogP contribution is 2.16. The van der Waals surface area contributed by atoms with Crippen molar-refractivity contribution < 1.29 is 9.53 Å². The van der Waals surface area contributed by atoms with E-state index < -0.39 is 0 Å². The van der Waals surface area contributed by atoms with Gasteiger partial charge in [0.2, 0.25) is 0 Å². The minimum absolute atomic E-state index is 0.595. The van der Waals surface area contributed by atoms with Gasteiger partial charge >= 0.3 is 0 Å². The molecule has 94 valence electrons. The molecule has 0 radical (unpaired) electrons. The highest BCUT2D eigenvalue weighted by molar-refractivity contribution is 5.52. The van der Waals surface area contributed by atoms with Crippen LogP contribution in [0.2, 0.25) is 0 Å². The second kappa shape index (κ2) is 7.85. The van der Waals surface area contributed by atoms with Crippen LogP contribution in [0.4, 0.5) is 5.69 Å². The molecule has 1 aromatic rings. The number of carbonyl (C=O) groups excluding carboxylic acids is 1. The van der Waals surface area contributed by atoms with Crippen molar-refractivity contribution in [1.82, 2.24) is 0 Å². The first-order chi connectivity index (χ1) is 8.27. The number of carbonyl (C=O) groups is 1. The Balaban J connectivity index is 2.47. The van der Waals surface area contributed by atoms with E-state index in [1.54, 1.807) is 0 Å². The third kappa shape index (κ3) is 5.00. The normalized spacial score (nSPS) is 10.2. The largest absolute Gasteiger partial charge is 0.383 e. The predicted molar refractivity (Wildman–Crippen MR) is 70.5 cm³/mol. The zero-order valence-corrected chi connectivity index (χ0v) is 10.7. The van der Waals surface area contributed by atoms with E-state index in [9.17, 15) is 4.79 Å². The molecule has 0 unspecified atom stereocenters. The minimum atomic E-state index is 0.595. The van der Waals surface area contributed by atoms with Crippen molar-refractivity contribution in [2.24, 2.45) is 0 Å². The average molecular weight is 235 g/mol. The molecule has 17 heavy (non-hydrogen) atoms. The van der Waals surface area contributed by atoms with E-state index in [0.717, 1.165) is 38.2 Å². The zero-order chi connectivity index (χ0) is 12.5. The quantitative estimate of drug-likeness (QED) is 0.556. The number of hydrogen-bond donors (Lipinski definition) is 1. The molecular weight excluding hydrogens is 214 g/mol. The van der Waals surface area contributed by atoms with E-state index in [-0.39, 0.29) is 0 Å². The lowest BCUT2D eigenvalue weighted by Gasteiger charge is -2.10. The van der Waals surface area contributed by atoms with Gasteiger partial charge in [0.1, 0.15) is 6.29 Å². The van der Waals surface area contributed by atoms with Gasteiger partial charge in [-0.2, -0.15) is 0 Å². The number of benzene rings is 1. The van der Waals surface area contributed by atoms with Crippen LogP contribution in [0.5, 0.6) is 0 Å². The summed E-state index contributed by atoms with van der Waals surface area (Å²) in [6, 6.07) is 6.26. The number of hydrogen-bond acceptors (Lipinski definition) is 3. The average Bonchev–Trinajstić information content (AvgIpc) is 2.34. The van der Waals surface area contributed by atoms with Crippen LogP contribution in [0.15, 0.2) is 18.2 Å². The van der Waals surface area contributed by atoms with E-state index in [0.29, 0.717) is 6.42 Å². The Morgan fingerprint density at radius 1 is 1.41 bits per heavy atom. The fourth-order valence-corrected chi connectivity index (χ4v) is 1.71. The van der Waals surface area contributed by atoms with E-state index in [2.05, 4.69) is 30.4 Å². The summed E-state index contributed by atoms with van der Waals surface area (Å²) in [6.07, 6.45) is 2.39. The van der Waals surface area contributed by atoms with E-state index in [4.69, 9.17) is 4.74 Å². The molecule has 1 aromatic carbocycles. The summed E-state index contributed by atoms with van der Waals surface area (Å²) in [6.45, 7) is 6.37. The highest BCUT2D eigenvalue weighted by Gasteiger charge is 1.99. The van der Waals surface area contributed by atoms with Crippen LogP contribution in [0.3, 0.4) is 0 Å². The summed E-state index contributed by atoms with van der Waals surface area (Å²) < 4.78 is 5.26. The fraction of sp³-hybridized carbons (Fsp3) is 0.500. The Bertz CT molecular complexity index is 350. The smallest absolute Gasteiger partial charge is 0.120 e. The molecule has 0 heterocycles. The van der Waals surface area contributed by atoms with Crippen molar-refractivity contribution in [3.63, 3.8) is 0 Å². The van der Waals surface area contributed by atoms with Gasteiger partial charge in [0.05, 0.1) is 6.61 Å². The maximum atomic E-state index is 10.3. The molecule has 0 aliphatic heterocycles. The predicted octanol–water partition coefficient (Wildman–Crippen LogP) is 2.57. The van der Waals surface area contributed by atoms with Crippen molar-refractivity contribution in [3.05, 3.63) is 29.3 Å². The van der Waals surface area contributed by atoms with Crippen molar-refractivity contribution >= 4 is 12.0 Å². The maximum Gasteiger partial charge on any atom is 0.120 e. The Kier molecular flexibility index (Phi) is 6.33. The van der Waals surface area contributed by atoms with Gasteiger partial charge in [-0.05, 0) is 43.5 Å². The zero-order valence-electron chi connectivity index (χ0n) is 10.7. The third-order valence-electron chi connectivity index (χ3n) is 2.65. The standard InChI is InChI=1S/C14H21NO2/c1-3-17-10-8-15-14-7-6-13(5-4-9-16)12(2)11-14/h6-7,9,11,15H,3-5,8,10H2,1-2H3. The summed E-state index contributed by atoms with van der Waals surface area (Å²) in [5.74, 6) is 0. The molecule has 0 atom stereocenters. The van der Waals surface area contributed by atoms with Gasteiger partial charge in [0.15, 0.2) is 0 Å². The van der Waals surface area contributed by atoms with E-state index in [1.807, 2.05) is 6.92 Å². The molecular formula is C14H21NO2. The third-order valence-corrected chi connectivity index (χ3v) is 2.65. The molecule has 1 N–H and O–H groups in total. The van der Waals surface area contributed by atoms with Gasteiger partial charge < -0.3 is 14.8 Å². The summed E-state index contributed by atoms with van der Waals surface area (Å²) in [7, 11) is 0. The van der Waals surface area contributed by atoms with Gasteiger partial charge in [0, 0.05) is 25.3 Å². The summed E-state index contributed by atoms with van der Waals surface area (Å²) in [5, 5.41) is 3.31. The van der Waals surface area contributed by atoms with Gasteiger partial charge in [-0.1, -0.05) is 6.07 Å². The Hall–Kier alpha value is -1.35. The molecule has 0 saturated carbocycles. The number of nitrogens with one attached hydrogen (secondary N) is 1. The first-order valence-corrected chi connectivity index (χ1v) is 6.12. The molecule has 0 amide bonds. The van der Waals surface area contributed by atoms with Gasteiger partial charge in [-0.25, -0.2) is 0 Å². The first kappa shape index (κ1) is 13.7. The van der Waals surface area contributed by atoms with Crippen LogP contribution >= 0.6 is 0 Å². The molecule has 3 heteroatoms. The lowest BCUT2D eigenvalue weighted by Crippen LogP contribution is -2.09. The van der Waals surface area contributed by atoms with Crippen LogP contribution in [0.25, 0.3) is 0 Å². The summed E-state index contributed by atoms with van der Waals surface area (Å²) >= 11 is 0. The Labute approximate surface area is 103 Å². The second-order valence-corrected chi connectivity index (χ2v) is 3.97. The van der Waals surface area contributed by atoms with Crippen LogP contribution in [0.1, 0.15) is 24.5 Å². The van der Waals surface area contributed by atoms with Crippen molar-refractivity contribution in [1.29, 1.82) is 0 Å². The van der Waals surface area contributed by atoms with Crippen LogP contribution in [-0.4, -0.2) is 26.0 Å². The lowest BCUT2D eigenvalue weighted by atomic mass is 10.0. The maximum absolute atomic E-state index is 10.3. The number of ether oxygens (including phenoxy) is 1. The first-order valence-electron chi connectivity index (χ1n) is 6.12. The second-order valence-electron chi connectivity index (χ2n) is 3.97. The SMILES string of the molecule is CCOCCNc1ccc(CCC=O)c(C)c1. The van der Waals surface area contributed by atoms with Gasteiger partial charge in [0.25, 0.3) is 0 Å². The Morgan fingerprint density at radius 3 is 2.88 bits per heavy atom. The number of aryl methyl sites for hydroxylation is 2.